The molecule has 0 aromatic rings. The van der Waals surface area contributed by atoms with Crippen LogP contribution in [0.25, 0.3) is 0 Å². The molecule has 0 amide bonds. The molecular formula is C2H4Br2S. The Hall–Kier alpha value is 1.31. The van der Waals surface area contributed by atoms with Gasteiger partial charge in [-0.3, -0.25) is 0 Å². The van der Waals surface area contributed by atoms with Crippen molar-refractivity contribution >= 4 is 43.6 Å². The first-order valence-electron chi connectivity index (χ1n) is 1.11. The summed E-state index contributed by atoms with van der Waals surface area (Å²) in [5.74, 6) is 0. The zero-order valence-electron chi connectivity index (χ0n) is 2.58. The molecule has 5 heavy (non-hydrogen) atoms. The smallest absolute Gasteiger partial charge is 0.0498 e. The minimum atomic E-state index is 1.03. The first-order valence-corrected chi connectivity index (χ1v) is 4.51. The van der Waals surface area contributed by atoms with E-state index in [0.717, 1.165) is 9.32 Å². The average molecular weight is 220 g/mol. The molecule has 0 saturated carbocycles. The normalized spacial score (nSPS) is 8.40. The zero-order chi connectivity index (χ0) is 4.12. The van der Waals surface area contributed by atoms with Crippen LogP contribution in [0.15, 0.2) is 0 Å². The van der Waals surface area contributed by atoms with Crippen LogP contribution < -0.4 is 0 Å². The number of hydrogen-bond acceptors (Lipinski definition) is 1. The summed E-state index contributed by atoms with van der Waals surface area (Å²) in [6.07, 6.45) is 0. The molecule has 0 rings (SSSR count). The van der Waals surface area contributed by atoms with Gasteiger partial charge in [-0.2, -0.15) is 0 Å². The van der Waals surface area contributed by atoms with Gasteiger partial charge in [0.05, 0.1) is 0 Å². The Labute approximate surface area is 53.0 Å². The summed E-state index contributed by atoms with van der Waals surface area (Å²) in [6.45, 7) is 0. The second kappa shape index (κ2) is 5.31. The third-order valence-electron chi connectivity index (χ3n) is 0.154. The topological polar surface area (TPSA) is 0 Å². The minimum Gasteiger partial charge on any atom is -0.139 e. The molecule has 0 bridgehead atoms. The van der Waals surface area contributed by atoms with Crippen molar-refractivity contribution in [2.24, 2.45) is 0 Å². The van der Waals surface area contributed by atoms with Gasteiger partial charge in [-0.15, -0.1) is 11.8 Å². The molecule has 0 aliphatic rings. The summed E-state index contributed by atoms with van der Waals surface area (Å²) in [7, 11) is 0. The Morgan fingerprint density at radius 2 is 1.60 bits per heavy atom. The van der Waals surface area contributed by atoms with Gasteiger partial charge in [0.25, 0.3) is 0 Å². The van der Waals surface area contributed by atoms with Crippen molar-refractivity contribution in [1.82, 2.24) is 0 Å². The van der Waals surface area contributed by atoms with Crippen molar-refractivity contribution < 1.29 is 0 Å². The van der Waals surface area contributed by atoms with E-state index in [1.54, 1.807) is 11.8 Å². The van der Waals surface area contributed by atoms with Crippen molar-refractivity contribution in [1.29, 1.82) is 0 Å². The highest BCUT2D eigenvalue weighted by molar-refractivity contribution is 9.13. The van der Waals surface area contributed by atoms with Crippen LogP contribution in [0.3, 0.4) is 0 Å². The van der Waals surface area contributed by atoms with Crippen LogP contribution in [-0.2, 0) is 0 Å². The highest BCUT2D eigenvalue weighted by atomic mass is 79.9. The summed E-state index contributed by atoms with van der Waals surface area (Å²) in [4.78, 5) is 0. The summed E-state index contributed by atoms with van der Waals surface area (Å²) in [5.41, 5.74) is 0. The summed E-state index contributed by atoms with van der Waals surface area (Å²) >= 11 is 8.28. The maximum Gasteiger partial charge on any atom is 0.0498 e. The van der Waals surface area contributed by atoms with E-state index in [1.807, 2.05) is 0 Å². The van der Waals surface area contributed by atoms with E-state index in [1.165, 1.54) is 0 Å². The minimum absolute atomic E-state index is 1.03. The highest BCUT2D eigenvalue weighted by Crippen LogP contribution is 2.05. The maximum atomic E-state index is 3.24. The molecule has 0 aliphatic heterocycles. The van der Waals surface area contributed by atoms with E-state index in [4.69, 9.17) is 0 Å². The van der Waals surface area contributed by atoms with E-state index < -0.39 is 0 Å². The van der Waals surface area contributed by atoms with Crippen molar-refractivity contribution in [2.75, 3.05) is 9.32 Å². The molecule has 3 heteroatoms. The van der Waals surface area contributed by atoms with Crippen molar-refractivity contribution in [2.45, 2.75) is 0 Å². The number of hydrogen-bond donors (Lipinski definition) is 0. The lowest BCUT2D eigenvalue weighted by Crippen LogP contribution is -1.54. The Kier molecular flexibility index (Phi) is 6.70. The zero-order valence-corrected chi connectivity index (χ0v) is 6.57. The lowest BCUT2D eigenvalue weighted by molar-refractivity contribution is 2.23. The monoisotopic (exact) mass is 218 g/mol. The van der Waals surface area contributed by atoms with Crippen molar-refractivity contribution in [3.05, 3.63) is 0 Å². The lowest BCUT2D eigenvalue weighted by atomic mass is 11.9. The average Bonchev–Trinajstić information content (AvgIpc) is 1.41. The fourth-order valence-corrected chi connectivity index (χ4v) is 2.36. The highest BCUT2D eigenvalue weighted by Gasteiger charge is 1.70. The van der Waals surface area contributed by atoms with Crippen LogP contribution in [0.5, 0.6) is 0 Å². The predicted molar refractivity (Wildman–Crippen MR) is 35.2 cm³/mol. The Balaban J connectivity index is 2.19. The molecule has 0 fully saturated rings. The van der Waals surface area contributed by atoms with E-state index in [2.05, 4.69) is 31.9 Å². The fraction of sp³-hybridized carbons (Fsp3) is 1.00. The third-order valence-corrected chi connectivity index (χ3v) is 2.41. The Morgan fingerprint density at radius 1 is 1.20 bits per heavy atom. The first-order chi connectivity index (χ1) is 2.41. The standard InChI is InChI=1S/C2H4Br2S/c3-1-5-2-4/h1-2H2. The van der Waals surface area contributed by atoms with Gasteiger partial charge in [-0.25, -0.2) is 0 Å². The summed E-state index contributed by atoms with van der Waals surface area (Å²) in [6, 6.07) is 0. The van der Waals surface area contributed by atoms with Crippen LogP contribution >= 0.6 is 43.6 Å². The van der Waals surface area contributed by atoms with Gasteiger partial charge in [-0.1, -0.05) is 31.9 Å². The molecule has 0 unspecified atom stereocenters. The molecule has 32 valence electrons. The largest absolute Gasteiger partial charge is 0.139 e. The molecule has 0 N–H and O–H groups in total. The van der Waals surface area contributed by atoms with Gasteiger partial charge >= 0.3 is 0 Å². The van der Waals surface area contributed by atoms with Crippen LogP contribution in [0.2, 0.25) is 0 Å². The molecule has 0 atom stereocenters. The van der Waals surface area contributed by atoms with Gasteiger partial charge in [0, 0.05) is 9.32 Å². The van der Waals surface area contributed by atoms with Crippen molar-refractivity contribution in [3.8, 4) is 0 Å². The molecule has 0 nitrogen and oxygen atoms in total. The van der Waals surface area contributed by atoms with E-state index >= 15 is 0 Å². The van der Waals surface area contributed by atoms with E-state index in [-0.39, 0.29) is 0 Å². The third kappa shape index (κ3) is 5.31. The van der Waals surface area contributed by atoms with Crippen LogP contribution in [0, 0.1) is 0 Å². The molecule has 0 spiro atoms. The van der Waals surface area contributed by atoms with E-state index in [0.29, 0.717) is 0 Å². The van der Waals surface area contributed by atoms with Gasteiger partial charge in [-0.05, 0) is 0 Å². The number of halogens is 2. The Morgan fingerprint density at radius 3 is 1.60 bits per heavy atom. The molecule has 0 saturated heterocycles. The second-order valence-electron chi connectivity index (χ2n) is 0.422. The number of thioether (sulfide) groups is 1. The fourth-order valence-electron chi connectivity index (χ4n) is 0.0292. The number of alkyl halides is 2. The predicted octanol–water partition coefficient (Wildman–Crippen LogP) is 2.42. The lowest BCUT2D eigenvalue weighted by Gasteiger charge is -1.77. The van der Waals surface area contributed by atoms with Gasteiger partial charge < -0.3 is 0 Å². The first kappa shape index (κ1) is 6.31. The molecule has 0 heterocycles. The van der Waals surface area contributed by atoms with Gasteiger partial charge in [0.1, 0.15) is 0 Å². The van der Waals surface area contributed by atoms with Crippen molar-refractivity contribution in [3.63, 3.8) is 0 Å². The molecule has 0 aromatic heterocycles. The maximum absolute atomic E-state index is 3.24. The molecular weight excluding hydrogens is 216 g/mol. The van der Waals surface area contributed by atoms with Gasteiger partial charge in [0.2, 0.25) is 0 Å². The van der Waals surface area contributed by atoms with Crippen LogP contribution in [0.4, 0.5) is 0 Å². The SMILES string of the molecule is BrCSCBr. The quantitative estimate of drug-likeness (QED) is 0.644. The van der Waals surface area contributed by atoms with Crippen LogP contribution in [0.1, 0.15) is 0 Å². The Bertz CT molecular complexity index is 15.1. The molecule has 0 aliphatic carbocycles. The van der Waals surface area contributed by atoms with Gasteiger partial charge in [0.15, 0.2) is 0 Å². The molecule has 0 aromatic carbocycles. The van der Waals surface area contributed by atoms with E-state index in [9.17, 15) is 0 Å². The van der Waals surface area contributed by atoms with Crippen LogP contribution in [-0.4, -0.2) is 9.32 Å². The molecule has 0 radical (unpaired) electrons. The second-order valence-corrected chi connectivity index (χ2v) is 4.01. The summed E-state index contributed by atoms with van der Waals surface area (Å²) in [5, 5.41) is 0. The number of rotatable bonds is 2. The summed E-state index contributed by atoms with van der Waals surface area (Å²) < 4.78 is 2.05.